The average Bonchev–Trinajstić information content (AvgIpc) is 3.25. The summed E-state index contributed by atoms with van der Waals surface area (Å²) in [6.45, 7) is 6.31. The summed E-state index contributed by atoms with van der Waals surface area (Å²) < 4.78 is 26.7. The molecule has 0 unspecified atom stereocenters. The molecule has 2 aromatic heterocycles. The number of hydrogen-bond acceptors (Lipinski definition) is 6. The van der Waals surface area contributed by atoms with Gasteiger partial charge >= 0.3 is 0 Å². The monoisotopic (exact) mass is 480 g/mol. The largest absolute Gasteiger partial charge is 0.322 e. The van der Waals surface area contributed by atoms with Gasteiger partial charge in [-0.05, 0) is 55.0 Å². The Hall–Kier alpha value is -3.14. The van der Waals surface area contributed by atoms with Gasteiger partial charge in [0.05, 0.1) is 4.90 Å². The lowest BCUT2D eigenvalue weighted by atomic mass is 10.1. The Morgan fingerprint density at radius 3 is 2.42 bits per heavy atom. The molecule has 2 heterocycles. The average molecular weight is 481 g/mol. The molecule has 0 aliphatic heterocycles. The highest BCUT2D eigenvalue weighted by Gasteiger charge is 2.22. The smallest absolute Gasteiger partial charge is 0.255 e. The second-order valence-electron chi connectivity index (χ2n) is 7.39. The van der Waals surface area contributed by atoms with Crippen molar-refractivity contribution in [3.63, 3.8) is 0 Å². The molecule has 0 saturated heterocycles. The molecule has 0 bridgehead atoms. The molecule has 2 aromatic carbocycles. The van der Waals surface area contributed by atoms with Crippen molar-refractivity contribution in [2.24, 2.45) is 0 Å². The van der Waals surface area contributed by atoms with Gasteiger partial charge < -0.3 is 5.32 Å². The molecule has 0 spiro atoms. The Kier molecular flexibility index (Phi) is 6.55. The quantitative estimate of drug-likeness (QED) is 0.404. The third kappa shape index (κ3) is 4.52. The lowest BCUT2D eigenvalue weighted by molar-refractivity contribution is 0.102. The number of carbonyl (C=O) groups excluding carboxylic acids is 1. The van der Waals surface area contributed by atoms with Crippen molar-refractivity contribution in [1.82, 2.24) is 14.3 Å². The van der Waals surface area contributed by atoms with E-state index < -0.39 is 10.0 Å². The molecule has 0 aliphatic rings. The van der Waals surface area contributed by atoms with Gasteiger partial charge in [-0.1, -0.05) is 37.3 Å². The van der Waals surface area contributed by atoms with Crippen molar-refractivity contribution >= 4 is 43.3 Å². The van der Waals surface area contributed by atoms with Crippen LogP contribution in [0.2, 0.25) is 0 Å². The third-order valence-electron chi connectivity index (χ3n) is 5.44. The minimum absolute atomic E-state index is 0.172. The maximum Gasteiger partial charge on any atom is 0.255 e. The highest BCUT2D eigenvalue weighted by molar-refractivity contribution is 7.89. The Bertz CT molecular complexity index is 1380. The number of fused-ring (bicyclic) bond motifs is 1. The first-order valence-electron chi connectivity index (χ1n) is 10.6. The lowest BCUT2D eigenvalue weighted by Crippen LogP contribution is -2.30. The van der Waals surface area contributed by atoms with E-state index in [-0.39, 0.29) is 10.8 Å². The van der Waals surface area contributed by atoms with E-state index in [1.165, 1.54) is 39.9 Å². The molecule has 170 valence electrons. The van der Waals surface area contributed by atoms with Crippen molar-refractivity contribution in [3.05, 3.63) is 71.9 Å². The van der Waals surface area contributed by atoms with Gasteiger partial charge in [-0.25, -0.2) is 18.4 Å². The molecule has 4 aromatic rings. The molecule has 1 N–H and O–H groups in total. The van der Waals surface area contributed by atoms with Crippen LogP contribution < -0.4 is 5.32 Å². The Balaban J connectivity index is 1.57. The molecule has 7 nitrogen and oxygen atoms in total. The first-order chi connectivity index (χ1) is 15.8. The van der Waals surface area contributed by atoms with E-state index >= 15 is 0 Å². The first-order valence-corrected chi connectivity index (χ1v) is 12.8. The number of sulfonamides is 1. The molecular weight excluding hydrogens is 456 g/mol. The number of carbonyl (C=O) groups is 1. The topological polar surface area (TPSA) is 92.3 Å². The Labute approximate surface area is 197 Å². The zero-order valence-corrected chi connectivity index (χ0v) is 20.2. The predicted octanol–water partition coefficient (Wildman–Crippen LogP) is 4.95. The van der Waals surface area contributed by atoms with Crippen LogP contribution in [-0.4, -0.2) is 41.7 Å². The van der Waals surface area contributed by atoms with Gasteiger partial charge in [0.1, 0.15) is 15.4 Å². The zero-order chi connectivity index (χ0) is 23.6. The fourth-order valence-electron chi connectivity index (χ4n) is 3.57. The van der Waals surface area contributed by atoms with Gasteiger partial charge in [0.15, 0.2) is 0 Å². The van der Waals surface area contributed by atoms with Gasteiger partial charge in [-0.3, -0.25) is 4.79 Å². The highest BCUT2D eigenvalue weighted by Crippen LogP contribution is 2.33. The number of hydrogen-bond donors (Lipinski definition) is 1. The summed E-state index contributed by atoms with van der Waals surface area (Å²) in [6.07, 6.45) is 1.74. The number of rotatable bonds is 7. The Morgan fingerprint density at radius 1 is 1.03 bits per heavy atom. The molecule has 0 saturated carbocycles. The van der Waals surface area contributed by atoms with Crippen LogP contribution in [-0.2, 0) is 10.0 Å². The number of benzene rings is 2. The van der Waals surface area contributed by atoms with Crippen molar-refractivity contribution in [1.29, 1.82) is 0 Å². The van der Waals surface area contributed by atoms with Gasteiger partial charge in [-0.2, -0.15) is 4.31 Å². The van der Waals surface area contributed by atoms with Crippen LogP contribution in [0.1, 0.15) is 29.8 Å². The fraction of sp³-hybridized carbons (Fsp3) is 0.208. The van der Waals surface area contributed by atoms with Crippen LogP contribution in [0.5, 0.6) is 0 Å². The number of pyridine rings is 1. The van der Waals surface area contributed by atoms with Crippen LogP contribution in [0, 0.1) is 6.92 Å². The molecule has 0 atom stereocenters. The van der Waals surface area contributed by atoms with Crippen LogP contribution in [0.25, 0.3) is 20.9 Å². The second-order valence-corrected chi connectivity index (χ2v) is 10.3. The zero-order valence-electron chi connectivity index (χ0n) is 18.6. The van der Waals surface area contributed by atoms with Crippen LogP contribution in [0.15, 0.2) is 65.7 Å². The van der Waals surface area contributed by atoms with Crippen molar-refractivity contribution in [3.8, 4) is 10.6 Å². The van der Waals surface area contributed by atoms with E-state index in [1.54, 1.807) is 20.0 Å². The summed E-state index contributed by atoms with van der Waals surface area (Å²) in [6, 6.07) is 15.5. The Morgan fingerprint density at radius 2 is 1.76 bits per heavy atom. The summed E-state index contributed by atoms with van der Waals surface area (Å²) in [5, 5.41) is 3.77. The molecule has 1 amide bonds. The summed E-state index contributed by atoms with van der Waals surface area (Å²) in [5.74, 6) is -0.312. The van der Waals surface area contributed by atoms with Crippen LogP contribution in [0.3, 0.4) is 0 Å². The van der Waals surface area contributed by atoms with E-state index in [9.17, 15) is 13.2 Å². The minimum atomic E-state index is -3.57. The number of aromatic nitrogens is 2. The summed E-state index contributed by atoms with van der Waals surface area (Å²) >= 11 is 1.50. The van der Waals surface area contributed by atoms with E-state index in [1.807, 2.05) is 37.3 Å². The van der Waals surface area contributed by atoms with Crippen molar-refractivity contribution < 1.29 is 13.2 Å². The van der Waals surface area contributed by atoms with E-state index in [0.717, 1.165) is 26.5 Å². The van der Waals surface area contributed by atoms with Gasteiger partial charge in [0.25, 0.3) is 5.91 Å². The van der Waals surface area contributed by atoms with Gasteiger partial charge in [0.2, 0.25) is 10.0 Å². The highest BCUT2D eigenvalue weighted by atomic mass is 32.2. The first kappa shape index (κ1) is 23.0. The fourth-order valence-corrected chi connectivity index (χ4v) is 6.02. The third-order valence-corrected chi connectivity index (χ3v) is 8.52. The minimum Gasteiger partial charge on any atom is -0.322 e. The second kappa shape index (κ2) is 9.38. The van der Waals surface area contributed by atoms with Gasteiger partial charge in [0, 0.05) is 36.1 Å². The standard InChI is InChI=1S/C24H24N4O3S2/c1-4-28(5-2)33(30,31)18-13-11-17(12-14-18)22(29)26-20-9-6-8-19(16(20)3)23-27-21-10-7-15-25-24(21)32-23/h6-15H,4-5H2,1-3H3,(H,26,29). The van der Waals surface area contributed by atoms with Gasteiger partial charge in [-0.15, -0.1) is 0 Å². The molecule has 9 heteroatoms. The molecule has 4 rings (SSSR count). The predicted molar refractivity (Wildman–Crippen MR) is 132 cm³/mol. The number of thiazole rings is 1. The molecular formula is C24H24N4O3S2. The van der Waals surface area contributed by atoms with E-state index in [4.69, 9.17) is 0 Å². The van der Waals surface area contributed by atoms with E-state index in [0.29, 0.717) is 24.3 Å². The lowest BCUT2D eigenvalue weighted by Gasteiger charge is -2.18. The normalized spacial score (nSPS) is 11.8. The van der Waals surface area contributed by atoms with Crippen molar-refractivity contribution in [2.45, 2.75) is 25.7 Å². The number of amides is 1. The maximum absolute atomic E-state index is 12.9. The molecule has 0 fully saturated rings. The van der Waals surface area contributed by atoms with Crippen LogP contribution in [0.4, 0.5) is 5.69 Å². The summed E-state index contributed by atoms with van der Waals surface area (Å²) in [5.41, 5.74) is 3.71. The van der Waals surface area contributed by atoms with Crippen LogP contribution >= 0.6 is 11.3 Å². The molecule has 0 radical (unpaired) electrons. The molecule has 0 aliphatic carbocycles. The summed E-state index contributed by atoms with van der Waals surface area (Å²) in [7, 11) is -3.57. The maximum atomic E-state index is 12.9. The number of anilines is 1. The number of nitrogens with one attached hydrogen (secondary N) is 1. The molecule has 33 heavy (non-hydrogen) atoms. The summed E-state index contributed by atoms with van der Waals surface area (Å²) in [4.78, 5) is 22.9. The van der Waals surface area contributed by atoms with Crippen molar-refractivity contribution in [2.75, 3.05) is 18.4 Å². The SMILES string of the molecule is CCN(CC)S(=O)(=O)c1ccc(C(=O)Nc2cccc(-c3nc4cccnc4s3)c2C)cc1. The number of nitrogens with zero attached hydrogens (tertiary/aromatic N) is 3. The van der Waals surface area contributed by atoms with E-state index in [2.05, 4.69) is 15.3 Å².